The number of nitrogens with zero attached hydrogens (tertiary/aromatic N) is 6. The summed E-state index contributed by atoms with van der Waals surface area (Å²) in [6.07, 6.45) is -2.76. The number of alkyl halides is 6. The Labute approximate surface area is 332 Å². The van der Waals surface area contributed by atoms with Crippen LogP contribution in [0.1, 0.15) is 48.4 Å². The number of hydrogen-bond acceptors (Lipinski definition) is 8. The van der Waals surface area contributed by atoms with Crippen molar-refractivity contribution in [1.29, 1.82) is 0 Å². The Hall–Kier alpha value is -5.16. The number of aromatic nitrogens is 6. The average Bonchev–Trinajstić information content (AvgIpc) is 3.69. The Balaban J connectivity index is 0.000000193. The van der Waals surface area contributed by atoms with Gasteiger partial charge in [0.25, 0.3) is 0 Å². The first-order chi connectivity index (χ1) is 27.0. The number of aliphatic hydroxyl groups is 2. The van der Waals surface area contributed by atoms with Gasteiger partial charge in [0.2, 0.25) is 0 Å². The van der Waals surface area contributed by atoms with E-state index in [4.69, 9.17) is 32.7 Å². The number of ether oxygens (including phenoxy) is 2. The van der Waals surface area contributed by atoms with Crippen molar-refractivity contribution in [2.45, 2.75) is 62.8 Å². The second-order valence-corrected chi connectivity index (χ2v) is 14.2. The smallest absolute Gasteiger partial charge is 0.416 e. The lowest BCUT2D eigenvalue weighted by atomic mass is 9.85. The van der Waals surface area contributed by atoms with E-state index < -0.39 is 34.7 Å². The zero-order chi connectivity index (χ0) is 41.0. The Bertz CT molecular complexity index is 2240. The third kappa shape index (κ3) is 10.2. The van der Waals surface area contributed by atoms with Gasteiger partial charge in [-0.25, -0.2) is 19.3 Å². The molecule has 1 saturated carbocycles. The molecule has 0 bridgehead atoms. The minimum absolute atomic E-state index is 0.00222. The second kappa shape index (κ2) is 16.7. The molecule has 300 valence electrons. The molecular weight excluding hydrogens is 801 g/mol. The van der Waals surface area contributed by atoms with Crippen LogP contribution in [0.2, 0.25) is 10.0 Å². The average molecular weight is 836 g/mol. The van der Waals surface area contributed by atoms with Gasteiger partial charge >= 0.3 is 12.4 Å². The van der Waals surface area contributed by atoms with Crippen molar-refractivity contribution < 1.29 is 46.0 Å². The SMILES string of the molecule is CCC(O)(Cn1cncn1)c1ccc(Oc2ccc(Cl)cc2)cc1C(F)(F)F.OC(Cn1cncn1)(c1ccc(Oc2ccc(Cl)cc2)cc1C(F)(F)F)C1CC1. The van der Waals surface area contributed by atoms with E-state index in [1.165, 1.54) is 58.9 Å². The van der Waals surface area contributed by atoms with Crippen LogP contribution in [0.5, 0.6) is 23.0 Å². The molecule has 0 saturated heterocycles. The first-order valence-corrected chi connectivity index (χ1v) is 18.1. The van der Waals surface area contributed by atoms with Crippen molar-refractivity contribution >= 4 is 23.2 Å². The maximum Gasteiger partial charge on any atom is 0.416 e. The zero-order valence-electron chi connectivity index (χ0n) is 29.9. The molecule has 18 heteroatoms. The van der Waals surface area contributed by atoms with E-state index in [9.17, 15) is 36.6 Å². The quantitative estimate of drug-likeness (QED) is 0.117. The molecule has 1 fully saturated rings. The Kier molecular flexibility index (Phi) is 12.2. The van der Waals surface area contributed by atoms with E-state index in [1.54, 1.807) is 55.5 Å². The van der Waals surface area contributed by atoms with Gasteiger partial charge in [-0.2, -0.15) is 36.5 Å². The van der Waals surface area contributed by atoms with Gasteiger partial charge in [-0.15, -0.1) is 0 Å². The van der Waals surface area contributed by atoms with E-state index in [1.807, 2.05) is 0 Å². The molecule has 2 N–H and O–H groups in total. The van der Waals surface area contributed by atoms with Crippen LogP contribution >= 0.6 is 23.2 Å². The molecule has 2 heterocycles. The van der Waals surface area contributed by atoms with Gasteiger partial charge in [0.15, 0.2) is 0 Å². The molecule has 57 heavy (non-hydrogen) atoms. The minimum atomic E-state index is -4.68. The molecule has 0 amide bonds. The maximum absolute atomic E-state index is 13.9. The van der Waals surface area contributed by atoms with Crippen molar-refractivity contribution in [3.05, 3.63) is 143 Å². The van der Waals surface area contributed by atoms with Gasteiger partial charge in [-0.1, -0.05) is 42.3 Å². The van der Waals surface area contributed by atoms with Crippen LogP contribution in [0, 0.1) is 5.92 Å². The summed E-state index contributed by atoms with van der Waals surface area (Å²) >= 11 is 11.6. The molecule has 2 atom stereocenters. The number of rotatable bonds is 12. The summed E-state index contributed by atoms with van der Waals surface area (Å²) < 4.78 is 96.6. The van der Waals surface area contributed by atoms with Crippen LogP contribution in [0.15, 0.2) is 110 Å². The zero-order valence-corrected chi connectivity index (χ0v) is 31.4. The first kappa shape index (κ1) is 41.5. The standard InChI is InChI=1S/C20H17ClF3N3O2.C19H17ClF3N3O2/c21-14-3-5-15(6-4-14)29-16-7-8-17(18(9-16)20(22,23)24)19(28,13-1-2-13)10-27-12-25-11-26-27;1-2-18(27,10-26-12-24-11-25-26)16-8-7-15(9-17(16)19(21,22)23)28-14-5-3-13(20)4-6-14/h3-9,11-13,28H,1-2,10H2;3-9,11-12,27H,2,10H2,1H3. The van der Waals surface area contributed by atoms with Crippen molar-refractivity contribution in [3.63, 3.8) is 0 Å². The summed E-state index contributed by atoms with van der Waals surface area (Å²) in [4.78, 5) is 7.57. The third-order valence-corrected chi connectivity index (χ3v) is 9.76. The van der Waals surface area contributed by atoms with Gasteiger partial charge in [0.05, 0.1) is 24.2 Å². The molecule has 0 aliphatic heterocycles. The van der Waals surface area contributed by atoms with Crippen LogP contribution in [-0.4, -0.2) is 39.7 Å². The monoisotopic (exact) mass is 834 g/mol. The van der Waals surface area contributed by atoms with Crippen LogP contribution in [0.4, 0.5) is 26.3 Å². The number of hydrogen-bond donors (Lipinski definition) is 2. The van der Waals surface area contributed by atoms with E-state index >= 15 is 0 Å². The van der Waals surface area contributed by atoms with Gasteiger partial charge in [0.1, 0.15) is 59.5 Å². The molecule has 0 spiro atoms. The highest BCUT2D eigenvalue weighted by Crippen LogP contribution is 2.50. The maximum atomic E-state index is 13.9. The lowest BCUT2D eigenvalue weighted by Gasteiger charge is -2.31. The molecule has 1 aliphatic rings. The second-order valence-electron chi connectivity index (χ2n) is 13.3. The molecule has 10 nitrogen and oxygen atoms in total. The molecular formula is C39H34Cl2F6N6O4. The topological polar surface area (TPSA) is 120 Å². The molecule has 2 unspecified atom stereocenters. The van der Waals surface area contributed by atoms with Crippen molar-refractivity contribution in [1.82, 2.24) is 29.5 Å². The fourth-order valence-corrected chi connectivity index (χ4v) is 6.48. The fraction of sp³-hybridized carbons (Fsp3) is 0.282. The fourth-order valence-electron chi connectivity index (χ4n) is 6.23. The van der Waals surface area contributed by atoms with Crippen molar-refractivity contribution in [2.75, 3.05) is 0 Å². The van der Waals surface area contributed by atoms with Gasteiger partial charge < -0.3 is 19.7 Å². The van der Waals surface area contributed by atoms with Crippen LogP contribution < -0.4 is 9.47 Å². The number of halogens is 8. The minimum Gasteiger partial charge on any atom is -0.457 e. The van der Waals surface area contributed by atoms with E-state index in [-0.39, 0.29) is 48.1 Å². The normalized spacial score (nSPS) is 15.2. The summed E-state index contributed by atoms with van der Waals surface area (Å²) in [5.41, 5.74) is -5.83. The van der Waals surface area contributed by atoms with Gasteiger partial charge in [-0.3, -0.25) is 0 Å². The van der Waals surface area contributed by atoms with Gasteiger partial charge in [0, 0.05) is 10.0 Å². The molecule has 2 aromatic heterocycles. The Morgan fingerprint density at radius 1 is 0.614 bits per heavy atom. The molecule has 4 aromatic carbocycles. The number of benzene rings is 4. The van der Waals surface area contributed by atoms with Crippen LogP contribution in [0.25, 0.3) is 0 Å². The summed E-state index contributed by atoms with van der Waals surface area (Å²) in [6, 6.07) is 19.7. The van der Waals surface area contributed by atoms with E-state index in [0.29, 0.717) is 34.4 Å². The van der Waals surface area contributed by atoms with Crippen molar-refractivity contribution in [2.24, 2.45) is 5.92 Å². The molecule has 7 rings (SSSR count). The highest BCUT2D eigenvalue weighted by atomic mass is 35.5. The predicted molar refractivity (Wildman–Crippen MR) is 197 cm³/mol. The summed E-state index contributed by atoms with van der Waals surface area (Å²) in [5.74, 6) is 0.435. The highest BCUT2D eigenvalue weighted by molar-refractivity contribution is 6.30. The molecule has 0 radical (unpaired) electrons. The highest BCUT2D eigenvalue weighted by Gasteiger charge is 2.50. The van der Waals surface area contributed by atoms with E-state index in [0.717, 1.165) is 12.1 Å². The summed E-state index contributed by atoms with van der Waals surface area (Å²) in [6.45, 7) is 1.33. The Morgan fingerprint density at radius 2 is 1.04 bits per heavy atom. The van der Waals surface area contributed by atoms with Crippen LogP contribution in [-0.2, 0) is 36.6 Å². The summed E-state index contributed by atoms with van der Waals surface area (Å²) in [7, 11) is 0. The Morgan fingerprint density at radius 3 is 1.44 bits per heavy atom. The third-order valence-electron chi connectivity index (χ3n) is 9.26. The van der Waals surface area contributed by atoms with Crippen LogP contribution in [0.3, 0.4) is 0 Å². The van der Waals surface area contributed by atoms with Crippen molar-refractivity contribution in [3.8, 4) is 23.0 Å². The largest absolute Gasteiger partial charge is 0.457 e. The predicted octanol–water partition coefficient (Wildman–Crippen LogP) is 10.1. The van der Waals surface area contributed by atoms with Gasteiger partial charge in [-0.05, 0) is 109 Å². The summed E-state index contributed by atoms with van der Waals surface area (Å²) in [5, 5.41) is 31.1. The lowest BCUT2D eigenvalue weighted by Crippen LogP contribution is -2.36. The molecule has 1 aliphatic carbocycles. The molecule has 6 aromatic rings. The van der Waals surface area contributed by atoms with E-state index in [2.05, 4.69) is 20.2 Å². The first-order valence-electron chi connectivity index (χ1n) is 17.4. The lowest BCUT2D eigenvalue weighted by molar-refractivity contribution is -0.142.